The molecule has 2 nitrogen and oxygen atoms in total. The summed E-state index contributed by atoms with van der Waals surface area (Å²) >= 11 is 3.07. The minimum absolute atomic E-state index is 0.157. The van der Waals surface area contributed by atoms with E-state index in [0.717, 1.165) is 0 Å². The molecule has 0 spiro atoms. The summed E-state index contributed by atoms with van der Waals surface area (Å²) in [4.78, 5) is 10.4. The van der Waals surface area contributed by atoms with Crippen molar-refractivity contribution in [3.05, 3.63) is 0 Å². The largest absolute Gasteiger partial charge is 0.318 e. The van der Waals surface area contributed by atoms with Crippen molar-refractivity contribution in [1.29, 1.82) is 0 Å². The number of halogens is 1. The molecule has 0 fully saturated rings. The van der Waals surface area contributed by atoms with E-state index in [1.807, 2.05) is 6.92 Å². The highest BCUT2D eigenvalue weighted by atomic mass is 79.9. The summed E-state index contributed by atoms with van der Waals surface area (Å²) < 4.78 is 0. The highest BCUT2D eigenvalue weighted by Gasteiger charge is 2.01. The third-order valence-electron chi connectivity index (χ3n) is 0.817. The van der Waals surface area contributed by atoms with Crippen LogP contribution < -0.4 is 5.73 Å². The summed E-state index contributed by atoms with van der Waals surface area (Å²) in [6.07, 6.45) is 1.02. The SMILES string of the molecule is CCC(=O)CC(N)Br. The lowest BCUT2D eigenvalue weighted by atomic mass is 10.2. The van der Waals surface area contributed by atoms with E-state index in [1.54, 1.807) is 0 Å². The number of hydrogen-bond donors (Lipinski definition) is 1. The van der Waals surface area contributed by atoms with E-state index < -0.39 is 0 Å². The van der Waals surface area contributed by atoms with Crippen LogP contribution in [0.15, 0.2) is 0 Å². The topological polar surface area (TPSA) is 43.1 Å². The molecule has 0 radical (unpaired) electrons. The zero-order valence-electron chi connectivity index (χ0n) is 4.86. The fourth-order valence-electron chi connectivity index (χ4n) is 0.362. The molecule has 0 amide bonds. The molecular weight excluding hydrogens is 170 g/mol. The van der Waals surface area contributed by atoms with Gasteiger partial charge in [0.1, 0.15) is 5.78 Å². The lowest BCUT2D eigenvalue weighted by molar-refractivity contribution is -0.118. The van der Waals surface area contributed by atoms with Gasteiger partial charge in [-0.05, 0) is 0 Å². The Bertz CT molecular complexity index is 82.5. The molecule has 8 heavy (non-hydrogen) atoms. The maximum atomic E-state index is 10.5. The molecule has 0 aliphatic heterocycles. The molecule has 48 valence electrons. The molecular formula is C5H10BrNO. The molecule has 2 N–H and O–H groups in total. The van der Waals surface area contributed by atoms with Crippen LogP contribution in [-0.4, -0.2) is 10.7 Å². The summed E-state index contributed by atoms with van der Waals surface area (Å²) in [5.41, 5.74) is 5.26. The van der Waals surface area contributed by atoms with Crippen molar-refractivity contribution >= 4 is 21.7 Å². The second-order valence-corrected chi connectivity index (χ2v) is 2.79. The fraction of sp³-hybridized carbons (Fsp3) is 0.800. The van der Waals surface area contributed by atoms with Crippen LogP contribution in [-0.2, 0) is 4.79 Å². The van der Waals surface area contributed by atoms with Crippen molar-refractivity contribution in [3.8, 4) is 0 Å². The molecule has 0 aromatic carbocycles. The second kappa shape index (κ2) is 4.04. The summed E-state index contributed by atoms with van der Waals surface area (Å²) in [6, 6.07) is 0. The van der Waals surface area contributed by atoms with Gasteiger partial charge < -0.3 is 5.73 Å². The Morgan fingerprint density at radius 3 is 2.50 bits per heavy atom. The number of ketones is 1. The van der Waals surface area contributed by atoms with E-state index in [2.05, 4.69) is 15.9 Å². The lowest BCUT2D eigenvalue weighted by Crippen LogP contribution is -2.15. The molecule has 1 unspecified atom stereocenters. The Balaban J connectivity index is 3.25. The van der Waals surface area contributed by atoms with Gasteiger partial charge in [0, 0.05) is 12.8 Å². The standard InChI is InChI=1S/C5H10BrNO/c1-2-4(8)3-5(6)7/h5H,2-3,7H2,1H3. The number of carbonyl (C=O) groups is 1. The highest BCUT2D eigenvalue weighted by Crippen LogP contribution is 1.98. The average molecular weight is 180 g/mol. The van der Waals surface area contributed by atoms with Crippen LogP contribution in [0, 0.1) is 0 Å². The molecule has 0 heterocycles. The first-order valence-corrected chi connectivity index (χ1v) is 3.49. The summed E-state index contributed by atoms with van der Waals surface area (Å²) in [7, 11) is 0. The summed E-state index contributed by atoms with van der Waals surface area (Å²) in [6.45, 7) is 1.83. The minimum Gasteiger partial charge on any atom is -0.318 e. The van der Waals surface area contributed by atoms with Gasteiger partial charge in [0.25, 0.3) is 0 Å². The van der Waals surface area contributed by atoms with E-state index in [9.17, 15) is 4.79 Å². The first-order valence-electron chi connectivity index (χ1n) is 2.58. The summed E-state index contributed by atoms with van der Waals surface area (Å²) in [5, 5.41) is 0. The van der Waals surface area contributed by atoms with Crippen LogP contribution in [0.1, 0.15) is 19.8 Å². The number of nitrogens with two attached hydrogens (primary N) is 1. The van der Waals surface area contributed by atoms with Gasteiger partial charge in [-0.15, -0.1) is 0 Å². The van der Waals surface area contributed by atoms with Gasteiger partial charge in [-0.25, -0.2) is 0 Å². The lowest BCUT2D eigenvalue weighted by Gasteiger charge is -1.97. The zero-order chi connectivity index (χ0) is 6.57. The van der Waals surface area contributed by atoms with Crippen LogP contribution >= 0.6 is 15.9 Å². The molecule has 3 heteroatoms. The molecule has 0 aliphatic carbocycles. The van der Waals surface area contributed by atoms with Crippen LogP contribution in [0.5, 0.6) is 0 Å². The quantitative estimate of drug-likeness (QED) is 0.520. The van der Waals surface area contributed by atoms with Crippen LogP contribution in [0.2, 0.25) is 0 Å². The van der Waals surface area contributed by atoms with E-state index in [0.29, 0.717) is 12.8 Å². The highest BCUT2D eigenvalue weighted by molar-refractivity contribution is 9.09. The van der Waals surface area contributed by atoms with E-state index in [1.165, 1.54) is 0 Å². The molecule has 1 atom stereocenters. The van der Waals surface area contributed by atoms with Gasteiger partial charge >= 0.3 is 0 Å². The van der Waals surface area contributed by atoms with Crippen LogP contribution in [0.4, 0.5) is 0 Å². The van der Waals surface area contributed by atoms with Crippen molar-refractivity contribution in [2.45, 2.75) is 24.7 Å². The molecule has 0 aromatic rings. The number of rotatable bonds is 3. The van der Waals surface area contributed by atoms with Crippen LogP contribution in [0.3, 0.4) is 0 Å². The average Bonchev–Trinajstić information content (AvgIpc) is 1.65. The minimum atomic E-state index is -0.157. The van der Waals surface area contributed by atoms with E-state index in [4.69, 9.17) is 5.73 Å². The van der Waals surface area contributed by atoms with Crippen molar-refractivity contribution in [2.24, 2.45) is 5.73 Å². The van der Waals surface area contributed by atoms with Crippen molar-refractivity contribution < 1.29 is 4.79 Å². The molecule has 0 rings (SSSR count). The Morgan fingerprint density at radius 2 is 2.38 bits per heavy atom. The number of carbonyl (C=O) groups excluding carboxylic acids is 1. The monoisotopic (exact) mass is 179 g/mol. The van der Waals surface area contributed by atoms with E-state index in [-0.39, 0.29) is 10.7 Å². The van der Waals surface area contributed by atoms with Gasteiger partial charge in [0.15, 0.2) is 0 Å². The Labute approximate surface area is 57.6 Å². The van der Waals surface area contributed by atoms with Gasteiger partial charge in [0.05, 0.1) is 4.95 Å². The summed E-state index contributed by atoms with van der Waals surface area (Å²) in [5.74, 6) is 0.203. The Hall–Kier alpha value is 0.110. The van der Waals surface area contributed by atoms with Gasteiger partial charge in [-0.2, -0.15) is 0 Å². The smallest absolute Gasteiger partial charge is 0.135 e. The Morgan fingerprint density at radius 1 is 1.88 bits per heavy atom. The second-order valence-electron chi connectivity index (χ2n) is 1.61. The molecule has 0 saturated heterocycles. The molecule has 0 aliphatic rings. The van der Waals surface area contributed by atoms with Crippen molar-refractivity contribution in [2.75, 3.05) is 0 Å². The number of hydrogen-bond acceptors (Lipinski definition) is 2. The molecule has 0 saturated carbocycles. The first kappa shape index (κ1) is 8.11. The van der Waals surface area contributed by atoms with E-state index >= 15 is 0 Å². The maximum absolute atomic E-state index is 10.5. The maximum Gasteiger partial charge on any atom is 0.135 e. The van der Waals surface area contributed by atoms with Crippen molar-refractivity contribution in [1.82, 2.24) is 0 Å². The number of Topliss-reactive ketones (excluding diaryl/α,β-unsaturated/α-hetero) is 1. The number of alkyl halides is 1. The normalized spacial score (nSPS) is 13.4. The molecule has 0 aromatic heterocycles. The van der Waals surface area contributed by atoms with Gasteiger partial charge in [-0.3, -0.25) is 4.79 Å². The van der Waals surface area contributed by atoms with Crippen LogP contribution in [0.25, 0.3) is 0 Å². The zero-order valence-corrected chi connectivity index (χ0v) is 6.44. The van der Waals surface area contributed by atoms with Crippen molar-refractivity contribution in [3.63, 3.8) is 0 Å². The predicted octanol–water partition coefficient (Wildman–Crippen LogP) is 1.04. The third kappa shape index (κ3) is 4.27. The molecule has 0 bridgehead atoms. The van der Waals surface area contributed by atoms with Gasteiger partial charge in [-0.1, -0.05) is 22.9 Å². The Kier molecular flexibility index (Phi) is 4.09. The first-order chi connectivity index (χ1) is 3.66. The third-order valence-corrected chi connectivity index (χ3v) is 1.14. The van der Waals surface area contributed by atoms with Gasteiger partial charge in [0.2, 0.25) is 0 Å². The predicted molar refractivity (Wildman–Crippen MR) is 36.8 cm³/mol. The fourth-order valence-corrected chi connectivity index (χ4v) is 0.723.